The highest BCUT2D eigenvalue weighted by atomic mass is 16.5. The van der Waals surface area contributed by atoms with Crippen LogP contribution in [0.1, 0.15) is 51.9 Å². The van der Waals surface area contributed by atoms with E-state index in [4.69, 9.17) is 4.74 Å². The Kier molecular flexibility index (Phi) is 10.1. The number of unbranched alkanes of at least 4 members (excludes halogenated alkanes) is 4. The highest BCUT2D eigenvalue weighted by Crippen LogP contribution is 2.01. The average molecular weight is 201 g/mol. The maximum atomic E-state index is 11.0. The van der Waals surface area contributed by atoms with Crippen molar-refractivity contribution in [1.29, 1.82) is 0 Å². The van der Waals surface area contributed by atoms with E-state index >= 15 is 0 Å². The molecule has 0 saturated heterocycles. The normalized spacial score (nSPS) is 10.1. The van der Waals surface area contributed by atoms with E-state index in [0.717, 1.165) is 38.5 Å². The molecule has 3 nitrogen and oxygen atoms in total. The molecule has 0 rings (SSSR count). The predicted octanol–water partition coefficient (Wildman–Crippen LogP) is 2.71. The van der Waals surface area contributed by atoms with Gasteiger partial charge in [-0.1, -0.05) is 19.8 Å². The van der Waals surface area contributed by atoms with Crippen molar-refractivity contribution in [3.05, 3.63) is 0 Å². The van der Waals surface area contributed by atoms with E-state index in [-0.39, 0.29) is 12.6 Å². The molecule has 0 fully saturated rings. The third kappa shape index (κ3) is 9.52. The van der Waals surface area contributed by atoms with Gasteiger partial charge in [0.25, 0.3) is 0 Å². The summed E-state index contributed by atoms with van der Waals surface area (Å²) >= 11 is 0. The Bertz CT molecular complexity index is 134. The lowest BCUT2D eigenvalue weighted by atomic mass is 10.2. The molecule has 3 heteroatoms. The van der Waals surface area contributed by atoms with Crippen LogP contribution in [0.2, 0.25) is 0 Å². The van der Waals surface area contributed by atoms with E-state index < -0.39 is 0 Å². The lowest BCUT2D eigenvalue weighted by Crippen LogP contribution is -2.05. The Hall–Kier alpha value is -0.570. The van der Waals surface area contributed by atoms with Gasteiger partial charge >= 0.3 is 5.97 Å². The molecule has 14 heavy (non-hydrogen) atoms. The van der Waals surface area contributed by atoms with E-state index in [2.05, 4.69) is 6.92 Å². The Morgan fingerprint density at radius 1 is 1.07 bits per heavy atom. The second kappa shape index (κ2) is 10.5. The van der Waals surface area contributed by atoms with Crippen LogP contribution in [0, 0.1) is 0 Å². The van der Waals surface area contributed by atoms with E-state index in [1.807, 2.05) is 0 Å². The minimum atomic E-state index is -0.0873. The maximum absolute atomic E-state index is 11.0. The van der Waals surface area contributed by atoms with Crippen molar-refractivity contribution in [2.24, 2.45) is 0 Å². The van der Waals surface area contributed by atoms with Gasteiger partial charge in [-0.3, -0.25) is 4.79 Å². The number of hydrogen-bond acceptors (Lipinski definition) is 2. The fraction of sp³-hybridized carbons (Fsp3) is 0.909. The summed E-state index contributed by atoms with van der Waals surface area (Å²) in [6.07, 6.45) is 6.05. The molecule has 0 spiro atoms. The van der Waals surface area contributed by atoms with E-state index in [1.165, 1.54) is 0 Å². The molecule has 0 saturated carbocycles. The minimum absolute atomic E-state index is 0.0102. The first kappa shape index (κ1) is 13.4. The molecule has 0 aliphatic rings. The summed E-state index contributed by atoms with van der Waals surface area (Å²) in [5, 5.41) is 10.1. The molecular formula is C11H21O3. The summed E-state index contributed by atoms with van der Waals surface area (Å²) in [6.45, 7) is 2.58. The number of esters is 1. The maximum Gasteiger partial charge on any atom is 0.305 e. The van der Waals surface area contributed by atoms with E-state index in [1.54, 1.807) is 0 Å². The Morgan fingerprint density at radius 2 is 1.79 bits per heavy atom. The van der Waals surface area contributed by atoms with Crippen LogP contribution in [0.15, 0.2) is 0 Å². The lowest BCUT2D eigenvalue weighted by molar-refractivity contribution is -0.143. The minimum Gasteiger partial charge on any atom is -0.466 e. The first-order chi connectivity index (χ1) is 6.81. The molecular weight excluding hydrogens is 180 g/mol. The third-order valence-corrected chi connectivity index (χ3v) is 2.04. The average Bonchev–Trinajstić information content (AvgIpc) is 2.20. The number of hydrogen-bond donors (Lipinski definition) is 0. The van der Waals surface area contributed by atoms with Crippen molar-refractivity contribution >= 4 is 5.97 Å². The van der Waals surface area contributed by atoms with Gasteiger partial charge < -0.3 is 4.74 Å². The molecule has 0 aromatic carbocycles. The van der Waals surface area contributed by atoms with Crippen molar-refractivity contribution in [1.82, 2.24) is 0 Å². The van der Waals surface area contributed by atoms with Crippen LogP contribution in [0.25, 0.3) is 0 Å². The topological polar surface area (TPSA) is 46.2 Å². The third-order valence-electron chi connectivity index (χ3n) is 2.04. The van der Waals surface area contributed by atoms with Crippen LogP contribution in [0.5, 0.6) is 0 Å². The Balaban J connectivity index is 3.07. The summed E-state index contributed by atoms with van der Waals surface area (Å²) in [6, 6.07) is 0. The monoisotopic (exact) mass is 201 g/mol. The van der Waals surface area contributed by atoms with Gasteiger partial charge in [-0.15, -0.1) is 0 Å². The molecule has 0 heterocycles. The molecule has 0 aromatic rings. The highest BCUT2D eigenvalue weighted by Gasteiger charge is 2.00. The molecule has 0 bridgehead atoms. The van der Waals surface area contributed by atoms with Crippen LogP contribution in [0.3, 0.4) is 0 Å². The van der Waals surface area contributed by atoms with E-state index in [0.29, 0.717) is 13.0 Å². The van der Waals surface area contributed by atoms with Gasteiger partial charge in [-0.25, -0.2) is 5.11 Å². The number of carbonyl (C=O) groups is 1. The zero-order valence-corrected chi connectivity index (χ0v) is 9.09. The van der Waals surface area contributed by atoms with Gasteiger partial charge in [0, 0.05) is 6.42 Å². The molecule has 0 aliphatic heterocycles. The van der Waals surface area contributed by atoms with Crippen LogP contribution in [0.4, 0.5) is 0 Å². The second-order valence-corrected chi connectivity index (χ2v) is 3.44. The van der Waals surface area contributed by atoms with Gasteiger partial charge in [-0.2, -0.15) is 0 Å². The number of rotatable bonds is 9. The SMILES string of the molecule is CCCCC(=O)OCCCCCC[O]. The molecule has 0 atom stereocenters. The van der Waals surface area contributed by atoms with E-state index in [9.17, 15) is 9.90 Å². The van der Waals surface area contributed by atoms with Gasteiger partial charge in [0.15, 0.2) is 0 Å². The smallest absolute Gasteiger partial charge is 0.305 e. The van der Waals surface area contributed by atoms with Gasteiger partial charge in [0.05, 0.1) is 13.2 Å². The summed E-state index contributed by atoms with van der Waals surface area (Å²) in [5.74, 6) is -0.0873. The molecule has 0 aromatic heterocycles. The van der Waals surface area contributed by atoms with Crippen LogP contribution >= 0.6 is 0 Å². The highest BCUT2D eigenvalue weighted by molar-refractivity contribution is 5.69. The van der Waals surface area contributed by atoms with Gasteiger partial charge in [0.1, 0.15) is 0 Å². The lowest BCUT2D eigenvalue weighted by Gasteiger charge is -2.03. The molecule has 83 valence electrons. The standard InChI is InChI=1S/C11H21O3/c1-2-3-8-11(13)14-10-7-5-4-6-9-12/h2-10H2,1H3. The van der Waals surface area contributed by atoms with Gasteiger partial charge in [0.2, 0.25) is 0 Å². The Morgan fingerprint density at radius 3 is 2.43 bits per heavy atom. The zero-order chi connectivity index (χ0) is 10.6. The quantitative estimate of drug-likeness (QED) is 0.425. The zero-order valence-electron chi connectivity index (χ0n) is 9.09. The number of carbonyl (C=O) groups excluding carboxylic acids is 1. The summed E-state index contributed by atoms with van der Waals surface area (Å²) in [4.78, 5) is 11.0. The van der Waals surface area contributed by atoms with Crippen molar-refractivity contribution in [2.75, 3.05) is 13.2 Å². The second-order valence-electron chi connectivity index (χ2n) is 3.44. The Labute approximate surface area is 86.5 Å². The van der Waals surface area contributed by atoms with Crippen LogP contribution < -0.4 is 0 Å². The van der Waals surface area contributed by atoms with Crippen molar-refractivity contribution < 1.29 is 14.6 Å². The van der Waals surface area contributed by atoms with Gasteiger partial charge in [-0.05, 0) is 25.7 Å². The largest absolute Gasteiger partial charge is 0.466 e. The first-order valence-electron chi connectivity index (χ1n) is 5.55. The predicted molar refractivity (Wildman–Crippen MR) is 54.5 cm³/mol. The first-order valence-corrected chi connectivity index (χ1v) is 5.55. The summed E-state index contributed by atoms with van der Waals surface area (Å²) in [5.41, 5.74) is 0. The molecule has 0 N–H and O–H groups in total. The fourth-order valence-electron chi connectivity index (χ4n) is 1.14. The number of ether oxygens (including phenoxy) is 1. The summed E-state index contributed by atoms with van der Waals surface area (Å²) < 4.78 is 5.01. The fourth-order valence-corrected chi connectivity index (χ4v) is 1.14. The van der Waals surface area contributed by atoms with Crippen molar-refractivity contribution in [3.8, 4) is 0 Å². The molecule has 1 radical (unpaired) electrons. The summed E-state index contributed by atoms with van der Waals surface area (Å²) in [7, 11) is 0. The molecule has 0 aliphatic carbocycles. The molecule has 0 amide bonds. The van der Waals surface area contributed by atoms with Crippen molar-refractivity contribution in [2.45, 2.75) is 51.9 Å². The van der Waals surface area contributed by atoms with Crippen LogP contribution in [-0.4, -0.2) is 19.2 Å². The molecule has 0 unspecified atom stereocenters. The van der Waals surface area contributed by atoms with Crippen molar-refractivity contribution in [3.63, 3.8) is 0 Å². The van der Waals surface area contributed by atoms with Crippen LogP contribution in [-0.2, 0) is 14.6 Å².